The molecule has 48 heavy (non-hydrogen) atoms. The lowest BCUT2D eigenvalue weighted by atomic mass is 9.87. The standard InChI is InChI=1S/C34H37N5O7S2/c1-6-34(31(43)44-26(21-13-9-7-10-14-21)22-15-11-8-12-16-22)18-39-28(41)25(29(39)48-19-34)37-27(40)24(23-17-47-32(35)36-23)38-46-20(2)30(42)45-33(3,4)5/h6-17,20,25-26,29H,1,18-19H2,2-5H3,(H2,35,36)(H,37,40)/t20?,25?,29-,34?/m1/s1. The van der Waals surface area contributed by atoms with Crippen molar-refractivity contribution >= 4 is 57.7 Å². The SMILES string of the molecule is C=CC1(C(=O)OC(c2ccccc2)c2ccccc2)CS[C@@H]2C(NC(=O)C(=NOC(C)C(=O)OC(C)(C)C)c3csc(N)n3)C(=O)N2C1. The smallest absolute Gasteiger partial charge is 0.350 e. The number of nitrogens with one attached hydrogen (secondary N) is 1. The van der Waals surface area contributed by atoms with E-state index in [9.17, 15) is 19.2 Å². The number of hydrogen-bond donors (Lipinski definition) is 2. The Kier molecular flexibility index (Phi) is 10.2. The van der Waals surface area contributed by atoms with E-state index in [1.165, 1.54) is 35.0 Å². The van der Waals surface area contributed by atoms with Crippen LogP contribution >= 0.6 is 23.1 Å². The Morgan fingerprint density at radius 3 is 2.29 bits per heavy atom. The highest BCUT2D eigenvalue weighted by molar-refractivity contribution is 8.00. The lowest BCUT2D eigenvalue weighted by Gasteiger charge is -2.53. The summed E-state index contributed by atoms with van der Waals surface area (Å²) in [5.74, 6) is -2.04. The zero-order valence-electron chi connectivity index (χ0n) is 27.0. The molecule has 4 atom stereocenters. The fourth-order valence-corrected chi connectivity index (χ4v) is 7.18. The summed E-state index contributed by atoms with van der Waals surface area (Å²) in [5, 5.41) is 7.89. The highest BCUT2D eigenvalue weighted by Gasteiger charge is 2.57. The molecule has 2 saturated heterocycles. The highest BCUT2D eigenvalue weighted by atomic mass is 32.2. The number of nitrogens with zero attached hydrogens (tertiary/aromatic N) is 3. The summed E-state index contributed by atoms with van der Waals surface area (Å²) in [7, 11) is 0. The Labute approximate surface area is 286 Å². The van der Waals surface area contributed by atoms with Crippen molar-refractivity contribution in [2.45, 2.75) is 56.9 Å². The minimum absolute atomic E-state index is 0.0363. The summed E-state index contributed by atoms with van der Waals surface area (Å²) in [5.41, 5.74) is 5.34. The molecule has 5 rings (SSSR count). The molecule has 3 aromatic rings. The highest BCUT2D eigenvalue weighted by Crippen LogP contribution is 2.44. The lowest BCUT2D eigenvalue weighted by molar-refractivity contribution is -0.167. The topological polar surface area (TPSA) is 163 Å². The van der Waals surface area contributed by atoms with Crippen molar-refractivity contribution < 1.29 is 33.5 Å². The number of nitrogens with two attached hydrogens (primary N) is 1. The summed E-state index contributed by atoms with van der Waals surface area (Å²) in [6.45, 7) is 10.6. The fraction of sp³-hybridized carbons (Fsp3) is 0.353. The van der Waals surface area contributed by atoms with Gasteiger partial charge in [0.05, 0.1) is 0 Å². The van der Waals surface area contributed by atoms with Gasteiger partial charge in [-0.25, -0.2) is 9.78 Å². The molecule has 2 fully saturated rings. The third kappa shape index (κ3) is 7.55. The van der Waals surface area contributed by atoms with Crippen LogP contribution in [0, 0.1) is 5.41 Å². The van der Waals surface area contributed by atoms with Crippen LogP contribution in [0.5, 0.6) is 0 Å². The molecule has 3 unspecified atom stereocenters. The first-order valence-corrected chi connectivity index (χ1v) is 17.1. The number of nitrogen functional groups attached to an aromatic ring is 1. The molecule has 0 aliphatic carbocycles. The maximum Gasteiger partial charge on any atom is 0.350 e. The number of amides is 2. The molecule has 0 spiro atoms. The van der Waals surface area contributed by atoms with Crippen molar-refractivity contribution in [1.82, 2.24) is 15.2 Å². The van der Waals surface area contributed by atoms with E-state index in [-0.39, 0.29) is 34.7 Å². The summed E-state index contributed by atoms with van der Waals surface area (Å²) < 4.78 is 11.5. The van der Waals surface area contributed by atoms with E-state index in [0.717, 1.165) is 22.5 Å². The Balaban J connectivity index is 1.28. The molecule has 3 heterocycles. The molecule has 3 N–H and O–H groups in total. The summed E-state index contributed by atoms with van der Waals surface area (Å²) >= 11 is 2.42. The first kappa shape index (κ1) is 34.6. The van der Waals surface area contributed by atoms with Crippen molar-refractivity contribution in [3.63, 3.8) is 0 Å². The van der Waals surface area contributed by atoms with Gasteiger partial charge in [0, 0.05) is 17.7 Å². The van der Waals surface area contributed by atoms with Gasteiger partial charge < -0.3 is 30.3 Å². The van der Waals surface area contributed by atoms with Gasteiger partial charge >= 0.3 is 11.9 Å². The average molecular weight is 692 g/mol. The second-order valence-corrected chi connectivity index (χ2v) is 14.4. The minimum atomic E-state index is -1.18. The maximum atomic E-state index is 13.9. The molecule has 2 aliphatic heterocycles. The van der Waals surface area contributed by atoms with Crippen molar-refractivity contribution in [1.29, 1.82) is 0 Å². The van der Waals surface area contributed by atoms with Crippen LogP contribution in [0.15, 0.2) is 83.9 Å². The third-order valence-electron chi connectivity index (χ3n) is 7.64. The summed E-state index contributed by atoms with van der Waals surface area (Å²) in [6.07, 6.45) is -0.255. The molecule has 252 valence electrons. The Morgan fingerprint density at radius 2 is 1.75 bits per heavy atom. The molecule has 2 amide bonds. The zero-order valence-corrected chi connectivity index (χ0v) is 28.6. The maximum absolute atomic E-state index is 13.9. The van der Waals surface area contributed by atoms with Crippen LogP contribution in [0.4, 0.5) is 5.13 Å². The van der Waals surface area contributed by atoms with Crippen molar-refractivity contribution in [3.8, 4) is 0 Å². The van der Waals surface area contributed by atoms with Gasteiger partial charge in [-0.15, -0.1) is 29.7 Å². The Morgan fingerprint density at radius 1 is 1.12 bits per heavy atom. The van der Waals surface area contributed by atoms with Crippen LogP contribution in [-0.4, -0.2) is 74.8 Å². The van der Waals surface area contributed by atoms with Gasteiger partial charge in [0.1, 0.15) is 28.1 Å². The van der Waals surface area contributed by atoms with Gasteiger partial charge in [0.25, 0.3) is 5.91 Å². The second kappa shape index (κ2) is 14.2. The van der Waals surface area contributed by atoms with E-state index < -0.39 is 52.5 Å². The van der Waals surface area contributed by atoms with Gasteiger partial charge in [-0.3, -0.25) is 14.4 Å². The molecule has 0 saturated carbocycles. The number of ether oxygens (including phenoxy) is 2. The van der Waals surface area contributed by atoms with Crippen LogP contribution in [0.2, 0.25) is 0 Å². The Bertz CT molecular complexity index is 1670. The van der Waals surface area contributed by atoms with Gasteiger partial charge in [0.2, 0.25) is 12.0 Å². The molecular weight excluding hydrogens is 655 g/mol. The van der Waals surface area contributed by atoms with E-state index in [0.29, 0.717) is 0 Å². The minimum Gasteiger partial charge on any atom is -0.457 e. The number of aromatic nitrogens is 1. The van der Waals surface area contributed by atoms with Gasteiger partial charge in [0.15, 0.2) is 16.9 Å². The number of oxime groups is 1. The lowest BCUT2D eigenvalue weighted by Crippen LogP contribution is -2.73. The predicted molar refractivity (Wildman–Crippen MR) is 183 cm³/mol. The monoisotopic (exact) mass is 691 g/mol. The largest absolute Gasteiger partial charge is 0.457 e. The number of carbonyl (C=O) groups excluding carboxylic acids is 4. The number of rotatable bonds is 11. The van der Waals surface area contributed by atoms with Crippen molar-refractivity contribution in [2.24, 2.45) is 10.6 Å². The molecule has 2 aliphatic rings. The van der Waals surface area contributed by atoms with Crippen LogP contribution < -0.4 is 11.1 Å². The van der Waals surface area contributed by atoms with Crippen molar-refractivity contribution in [3.05, 3.63) is 95.5 Å². The predicted octanol–water partition coefficient (Wildman–Crippen LogP) is 4.08. The van der Waals surface area contributed by atoms with E-state index in [1.807, 2.05) is 60.7 Å². The second-order valence-electron chi connectivity index (χ2n) is 12.4. The molecule has 0 bridgehead atoms. The van der Waals surface area contributed by atoms with Crippen molar-refractivity contribution in [2.75, 3.05) is 18.0 Å². The number of anilines is 1. The molecule has 1 aromatic heterocycles. The van der Waals surface area contributed by atoms with Gasteiger partial charge in [-0.1, -0.05) is 71.9 Å². The Hall–Kier alpha value is -4.69. The van der Waals surface area contributed by atoms with Crippen LogP contribution in [-0.2, 0) is 33.5 Å². The van der Waals surface area contributed by atoms with Gasteiger partial charge in [-0.05, 0) is 38.8 Å². The number of fused-ring (bicyclic) bond motifs is 1. The summed E-state index contributed by atoms with van der Waals surface area (Å²) in [6, 6.07) is 18.0. The van der Waals surface area contributed by atoms with Crippen LogP contribution in [0.25, 0.3) is 0 Å². The average Bonchev–Trinajstić information content (AvgIpc) is 3.51. The molecule has 2 aromatic carbocycles. The molecule has 14 heteroatoms. The molecule has 12 nitrogen and oxygen atoms in total. The van der Waals surface area contributed by atoms with E-state index >= 15 is 0 Å². The summed E-state index contributed by atoms with van der Waals surface area (Å²) in [4.78, 5) is 64.2. The quantitative estimate of drug-likeness (QED) is 0.0985. The van der Waals surface area contributed by atoms with E-state index in [4.69, 9.17) is 20.0 Å². The number of hydrogen-bond acceptors (Lipinski definition) is 12. The fourth-order valence-electron chi connectivity index (χ4n) is 5.10. The number of thioether (sulfide) groups is 1. The number of benzene rings is 2. The van der Waals surface area contributed by atoms with Crippen LogP contribution in [0.3, 0.4) is 0 Å². The number of thiazole rings is 1. The first-order valence-electron chi connectivity index (χ1n) is 15.2. The van der Waals surface area contributed by atoms with Crippen LogP contribution in [0.1, 0.15) is 50.6 Å². The molecular formula is C34H37N5O7S2. The first-order chi connectivity index (χ1) is 22.8. The zero-order chi connectivity index (χ0) is 34.6. The number of carbonyl (C=O) groups is 4. The number of β-lactam (4-membered cyclic amide) rings is 1. The normalized spacial score (nSPS) is 21.4. The van der Waals surface area contributed by atoms with E-state index in [1.54, 1.807) is 20.8 Å². The molecule has 0 radical (unpaired) electrons. The van der Waals surface area contributed by atoms with Gasteiger partial charge in [-0.2, -0.15) is 0 Å². The third-order valence-corrected chi connectivity index (χ3v) is 9.86. The van der Waals surface area contributed by atoms with E-state index in [2.05, 4.69) is 22.0 Å². The number of esters is 2.